The second-order valence-corrected chi connectivity index (χ2v) is 5.73. The largest absolute Gasteiger partial charge is 0.464 e. The number of pyridine rings is 1. The van der Waals surface area contributed by atoms with Crippen LogP contribution in [0.5, 0.6) is 0 Å². The zero-order valence-electron chi connectivity index (χ0n) is 12.1. The lowest BCUT2D eigenvalue weighted by Gasteiger charge is -2.12. The van der Waals surface area contributed by atoms with Gasteiger partial charge in [-0.25, -0.2) is 14.2 Å². The Bertz CT molecular complexity index is 882. The molecular formula is C17H12BrFN2O2. The van der Waals surface area contributed by atoms with Crippen LogP contribution in [0.1, 0.15) is 10.5 Å². The van der Waals surface area contributed by atoms with Crippen LogP contribution in [0.3, 0.4) is 0 Å². The standard InChI is InChI=1S/C17H12BrFN2O2/c1-23-17(22)15-9-14(20-11-7-5-10(18)6-8-11)12-3-2-4-13(19)16(12)21-15/h2-9H,1H3,(H,20,21). The molecule has 0 fully saturated rings. The average molecular weight is 375 g/mol. The van der Waals surface area contributed by atoms with Crippen LogP contribution in [-0.2, 0) is 4.74 Å². The van der Waals surface area contributed by atoms with Gasteiger partial charge in [0.25, 0.3) is 0 Å². The van der Waals surface area contributed by atoms with Gasteiger partial charge in [0.15, 0.2) is 5.69 Å². The molecule has 23 heavy (non-hydrogen) atoms. The van der Waals surface area contributed by atoms with E-state index in [-0.39, 0.29) is 11.2 Å². The second-order valence-electron chi connectivity index (χ2n) is 4.81. The number of fused-ring (bicyclic) bond motifs is 1. The Balaban J connectivity index is 2.15. The molecule has 4 nitrogen and oxygen atoms in total. The monoisotopic (exact) mass is 374 g/mol. The molecule has 1 N–H and O–H groups in total. The number of anilines is 2. The van der Waals surface area contributed by atoms with Crippen molar-refractivity contribution in [1.29, 1.82) is 0 Å². The number of benzene rings is 2. The number of esters is 1. The summed E-state index contributed by atoms with van der Waals surface area (Å²) in [6, 6.07) is 13.7. The lowest BCUT2D eigenvalue weighted by atomic mass is 10.1. The third-order valence-electron chi connectivity index (χ3n) is 3.31. The smallest absolute Gasteiger partial charge is 0.356 e. The summed E-state index contributed by atoms with van der Waals surface area (Å²) in [4.78, 5) is 15.8. The number of rotatable bonds is 3. The van der Waals surface area contributed by atoms with E-state index in [1.165, 1.54) is 13.2 Å². The molecule has 2 aromatic carbocycles. The number of aromatic nitrogens is 1. The van der Waals surface area contributed by atoms with Crippen molar-refractivity contribution in [2.45, 2.75) is 0 Å². The SMILES string of the molecule is COC(=O)c1cc(Nc2ccc(Br)cc2)c2cccc(F)c2n1. The quantitative estimate of drug-likeness (QED) is 0.677. The van der Waals surface area contributed by atoms with E-state index in [1.807, 2.05) is 24.3 Å². The second kappa shape index (κ2) is 6.34. The van der Waals surface area contributed by atoms with Crippen LogP contribution in [0.2, 0.25) is 0 Å². The van der Waals surface area contributed by atoms with Gasteiger partial charge in [-0.2, -0.15) is 0 Å². The van der Waals surface area contributed by atoms with Gasteiger partial charge < -0.3 is 10.1 Å². The van der Waals surface area contributed by atoms with E-state index < -0.39 is 11.8 Å². The summed E-state index contributed by atoms with van der Waals surface area (Å²) in [5.41, 5.74) is 1.55. The normalized spacial score (nSPS) is 10.6. The van der Waals surface area contributed by atoms with Crippen LogP contribution in [-0.4, -0.2) is 18.1 Å². The molecule has 0 radical (unpaired) electrons. The minimum absolute atomic E-state index is 0.0460. The van der Waals surface area contributed by atoms with Crippen molar-refractivity contribution >= 4 is 44.2 Å². The van der Waals surface area contributed by atoms with Gasteiger partial charge in [-0.05, 0) is 36.4 Å². The van der Waals surface area contributed by atoms with Gasteiger partial charge in [-0.1, -0.05) is 28.1 Å². The molecule has 6 heteroatoms. The minimum atomic E-state index is -0.617. The molecule has 0 atom stereocenters. The molecule has 0 spiro atoms. The van der Waals surface area contributed by atoms with E-state index in [2.05, 4.69) is 31.0 Å². The fourth-order valence-corrected chi connectivity index (χ4v) is 2.48. The fourth-order valence-electron chi connectivity index (χ4n) is 2.21. The highest BCUT2D eigenvalue weighted by Crippen LogP contribution is 2.28. The molecule has 0 amide bonds. The van der Waals surface area contributed by atoms with Gasteiger partial charge in [-0.3, -0.25) is 0 Å². The third-order valence-corrected chi connectivity index (χ3v) is 3.84. The number of nitrogens with one attached hydrogen (secondary N) is 1. The summed E-state index contributed by atoms with van der Waals surface area (Å²) in [5.74, 6) is -1.11. The van der Waals surface area contributed by atoms with Gasteiger partial charge in [0.05, 0.1) is 12.8 Å². The zero-order chi connectivity index (χ0) is 16.4. The summed E-state index contributed by atoms with van der Waals surface area (Å²) in [7, 11) is 1.26. The first kappa shape index (κ1) is 15.4. The van der Waals surface area contributed by atoms with Crippen molar-refractivity contribution in [3.05, 3.63) is 64.5 Å². The molecule has 0 bridgehead atoms. The van der Waals surface area contributed by atoms with Crippen molar-refractivity contribution in [3.63, 3.8) is 0 Å². The van der Waals surface area contributed by atoms with Crippen molar-refractivity contribution < 1.29 is 13.9 Å². The van der Waals surface area contributed by atoms with E-state index in [1.54, 1.807) is 18.2 Å². The van der Waals surface area contributed by atoms with Gasteiger partial charge in [0, 0.05) is 15.5 Å². The molecule has 1 heterocycles. The molecule has 3 rings (SSSR count). The maximum absolute atomic E-state index is 14.1. The number of halogens is 2. The first-order valence-corrected chi connectivity index (χ1v) is 7.58. The molecule has 0 saturated carbocycles. The van der Waals surface area contributed by atoms with Crippen molar-refractivity contribution in [2.24, 2.45) is 0 Å². The van der Waals surface area contributed by atoms with Crippen molar-refractivity contribution in [2.75, 3.05) is 12.4 Å². The predicted molar refractivity (Wildman–Crippen MR) is 90.5 cm³/mol. The van der Waals surface area contributed by atoms with E-state index >= 15 is 0 Å². The van der Waals surface area contributed by atoms with E-state index in [0.29, 0.717) is 11.1 Å². The minimum Gasteiger partial charge on any atom is -0.464 e. The molecule has 3 aromatic rings. The Hall–Kier alpha value is -2.47. The summed E-state index contributed by atoms with van der Waals surface area (Å²) < 4.78 is 19.7. The zero-order valence-corrected chi connectivity index (χ0v) is 13.7. The van der Waals surface area contributed by atoms with Crippen LogP contribution in [0.4, 0.5) is 15.8 Å². The Morgan fingerprint density at radius 1 is 1.22 bits per heavy atom. The summed E-state index contributed by atoms with van der Waals surface area (Å²) >= 11 is 3.37. The maximum Gasteiger partial charge on any atom is 0.356 e. The average Bonchev–Trinajstić information content (AvgIpc) is 2.57. The molecule has 1 aromatic heterocycles. The maximum atomic E-state index is 14.1. The number of hydrogen-bond donors (Lipinski definition) is 1. The van der Waals surface area contributed by atoms with Crippen molar-refractivity contribution in [1.82, 2.24) is 4.98 Å². The molecule has 0 aliphatic heterocycles. The first-order chi connectivity index (χ1) is 11.1. The summed E-state index contributed by atoms with van der Waals surface area (Å²) in [6.07, 6.45) is 0. The summed E-state index contributed by atoms with van der Waals surface area (Å²) in [6.45, 7) is 0. The lowest BCUT2D eigenvalue weighted by molar-refractivity contribution is 0.0594. The Morgan fingerprint density at radius 3 is 2.65 bits per heavy atom. The van der Waals surface area contributed by atoms with Gasteiger partial charge >= 0.3 is 5.97 Å². The highest BCUT2D eigenvalue weighted by Gasteiger charge is 2.14. The number of ether oxygens (including phenoxy) is 1. The molecule has 0 aliphatic carbocycles. The molecule has 0 unspecified atom stereocenters. The number of carbonyl (C=O) groups excluding carboxylic acids is 1. The molecule has 0 aliphatic rings. The number of methoxy groups -OCH3 is 1. The van der Waals surface area contributed by atoms with Gasteiger partial charge in [0.1, 0.15) is 11.3 Å². The van der Waals surface area contributed by atoms with E-state index in [9.17, 15) is 9.18 Å². The molecule has 0 saturated heterocycles. The van der Waals surface area contributed by atoms with Crippen LogP contribution >= 0.6 is 15.9 Å². The first-order valence-electron chi connectivity index (χ1n) is 6.78. The van der Waals surface area contributed by atoms with Gasteiger partial charge in [0.2, 0.25) is 0 Å². The number of para-hydroxylation sites is 1. The molecular weight excluding hydrogens is 363 g/mol. The van der Waals surface area contributed by atoms with Crippen molar-refractivity contribution in [3.8, 4) is 0 Å². The fraction of sp³-hybridized carbons (Fsp3) is 0.0588. The Morgan fingerprint density at radius 2 is 1.96 bits per heavy atom. The molecule has 116 valence electrons. The highest BCUT2D eigenvalue weighted by atomic mass is 79.9. The summed E-state index contributed by atoms with van der Waals surface area (Å²) in [5, 5.41) is 3.77. The number of carbonyl (C=O) groups is 1. The predicted octanol–water partition coefficient (Wildman–Crippen LogP) is 4.67. The Labute approximate surface area is 140 Å². The highest BCUT2D eigenvalue weighted by molar-refractivity contribution is 9.10. The third kappa shape index (κ3) is 3.17. The number of hydrogen-bond acceptors (Lipinski definition) is 4. The van der Waals surface area contributed by atoms with E-state index in [0.717, 1.165) is 10.2 Å². The topological polar surface area (TPSA) is 51.2 Å². The van der Waals surface area contributed by atoms with E-state index in [4.69, 9.17) is 0 Å². The number of nitrogens with zero attached hydrogens (tertiary/aromatic N) is 1. The van der Waals surface area contributed by atoms with Crippen LogP contribution < -0.4 is 5.32 Å². The van der Waals surface area contributed by atoms with Gasteiger partial charge in [-0.15, -0.1) is 0 Å². The van der Waals surface area contributed by atoms with Crippen LogP contribution in [0.15, 0.2) is 53.0 Å². The lowest BCUT2D eigenvalue weighted by Crippen LogP contribution is -2.06. The van der Waals surface area contributed by atoms with Crippen LogP contribution in [0, 0.1) is 5.82 Å². The van der Waals surface area contributed by atoms with Crippen LogP contribution in [0.25, 0.3) is 10.9 Å². The Kier molecular flexibility index (Phi) is 4.25.